The molecule has 2 fully saturated rings. The summed E-state index contributed by atoms with van der Waals surface area (Å²) in [5, 5.41) is 39.8. The first kappa shape index (κ1) is 21.9. The maximum absolute atomic E-state index is 14.0. The van der Waals surface area contributed by atoms with Crippen molar-refractivity contribution in [2.24, 2.45) is 11.3 Å². The van der Waals surface area contributed by atoms with Crippen LogP contribution < -0.4 is 4.74 Å². The molecule has 30 heavy (non-hydrogen) atoms. The van der Waals surface area contributed by atoms with E-state index in [-0.39, 0.29) is 23.3 Å². The van der Waals surface area contributed by atoms with E-state index in [0.29, 0.717) is 18.8 Å². The molecule has 1 saturated heterocycles. The zero-order chi connectivity index (χ0) is 21.8. The van der Waals surface area contributed by atoms with Crippen LogP contribution in [0.25, 0.3) is 0 Å². The van der Waals surface area contributed by atoms with Crippen LogP contribution in [-0.2, 0) is 14.9 Å². The molecule has 1 saturated carbocycles. The van der Waals surface area contributed by atoms with Gasteiger partial charge in [-0.1, -0.05) is 20.8 Å². The highest BCUT2D eigenvalue weighted by Crippen LogP contribution is 2.57. The molecule has 0 aromatic heterocycles. The Labute approximate surface area is 175 Å². The van der Waals surface area contributed by atoms with Gasteiger partial charge >= 0.3 is 0 Å². The zero-order valence-corrected chi connectivity index (χ0v) is 17.5. The number of ether oxygens (including phenoxy) is 3. The summed E-state index contributed by atoms with van der Waals surface area (Å²) in [7, 11) is 0. The topological polar surface area (TPSA) is 109 Å². The minimum atomic E-state index is -1.48. The van der Waals surface area contributed by atoms with E-state index >= 15 is 0 Å². The number of fused-ring (bicyclic) bond motifs is 3. The molecular weight excluding hydrogens is 395 g/mol. The average Bonchev–Trinajstić information content (AvgIpc) is 2.70. The SMILES string of the molecule is CC1(C)[C@@H](O[C@@H]2O[C@@H](CO)[C@H](O)[C@@H](O)[C@H]2O)CC[C@]2(C)c3cc(F)ccc3OC[C@H]12. The quantitative estimate of drug-likeness (QED) is 0.573. The van der Waals surface area contributed by atoms with E-state index in [1.165, 1.54) is 6.07 Å². The first-order valence-electron chi connectivity index (χ1n) is 10.5. The molecule has 7 nitrogen and oxygen atoms in total. The summed E-state index contributed by atoms with van der Waals surface area (Å²) in [6.07, 6.45) is -5.52. The summed E-state index contributed by atoms with van der Waals surface area (Å²) >= 11 is 0. The monoisotopic (exact) mass is 426 g/mol. The van der Waals surface area contributed by atoms with Crippen molar-refractivity contribution in [3.8, 4) is 5.75 Å². The van der Waals surface area contributed by atoms with Gasteiger partial charge in [0.25, 0.3) is 0 Å². The summed E-state index contributed by atoms with van der Waals surface area (Å²) in [5.74, 6) is 0.430. The number of benzene rings is 1. The van der Waals surface area contributed by atoms with Crippen molar-refractivity contribution in [1.29, 1.82) is 0 Å². The third kappa shape index (κ3) is 3.34. The normalized spacial score (nSPS) is 42.7. The molecule has 0 spiro atoms. The number of rotatable bonds is 3. The van der Waals surface area contributed by atoms with Crippen LogP contribution in [-0.4, -0.2) is 70.4 Å². The molecule has 1 aromatic carbocycles. The molecule has 0 unspecified atom stereocenters. The van der Waals surface area contributed by atoms with Crippen molar-refractivity contribution in [2.75, 3.05) is 13.2 Å². The molecule has 4 rings (SSSR count). The Morgan fingerprint density at radius 3 is 2.57 bits per heavy atom. The molecule has 8 atom stereocenters. The fraction of sp³-hybridized carbons (Fsp3) is 0.727. The van der Waals surface area contributed by atoms with Crippen molar-refractivity contribution >= 4 is 0 Å². The van der Waals surface area contributed by atoms with Gasteiger partial charge in [-0.25, -0.2) is 4.39 Å². The Morgan fingerprint density at radius 1 is 1.13 bits per heavy atom. The summed E-state index contributed by atoms with van der Waals surface area (Å²) in [6, 6.07) is 4.63. The molecule has 8 heteroatoms. The first-order valence-corrected chi connectivity index (χ1v) is 10.5. The highest BCUT2D eigenvalue weighted by Gasteiger charge is 2.56. The van der Waals surface area contributed by atoms with Crippen LogP contribution in [0.15, 0.2) is 18.2 Å². The van der Waals surface area contributed by atoms with Gasteiger partial charge in [0.15, 0.2) is 6.29 Å². The van der Waals surface area contributed by atoms with Crippen molar-refractivity contribution in [3.63, 3.8) is 0 Å². The van der Waals surface area contributed by atoms with Gasteiger partial charge in [0.2, 0.25) is 0 Å². The van der Waals surface area contributed by atoms with Crippen LogP contribution >= 0.6 is 0 Å². The van der Waals surface area contributed by atoms with Gasteiger partial charge in [-0.15, -0.1) is 0 Å². The lowest BCUT2D eigenvalue weighted by Gasteiger charge is -2.57. The second kappa shape index (κ2) is 7.69. The van der Waals surface area contributed by atoms with E-state index in [2.05, 4.69) is 20.8 Å². The van der Waals surface area contributed by atoms with Crippen LogP contribution in [0.4, 0.5) is 4.39 Å². The predicted octanol–water partition coefficient (Wildman–Crippen LogP) is 1.10. The van der Waals surface area contributed by atoms with E-state index in [9.17, 15) is 24.8 Å². The predicted molar refractivity (Wildman–Crippen MR) is 104 cm³/mol. The summed E-state index contributed by atoms with van der Waals surface area (Å²) < 4.78 is 31.6. The molecule has 2 aliphatic heterocycles. The van der Waals surface area contributed by atoms with E-state index < -0.39 is 42.7 Å². The summed E-state index contributed by atoms with van der Waals surface area (Å²) in [4.78, 5) is 0. The highest BCUT2D eigenvalue weighted by molar-refractivity contribution is 5.43. The van der Waals surface area contributed by atoms with Crippen molar-refractivity contribution in [2.45, 2.75) is 75.8 Å². The van der Waals surface area contributed by atoms with Gasteiger partial charge in [-0.05, 0) is 36.5 Å². The fourth-order valence-corrected chi connectivity index (χ4v) is 5.58. The minimum Gasteiger partial charge on any atom is -0.493 e. The maximum Gasteiger partial charge on any atom is 0.186 e. The van der Waals surface area contributed by atoms with E-state index in [4.69, 9.17) is 14.2 Å². The highest BCUT2D eigenvalue weighted by atomic mass is 19.1. The molecule has 0 radical (unpaired) electrons. The van der Waals surface area contributed by atoms with E-state index in [1.807, 2.05) is 0 Å². The molecular formula is C22H31FO7. The summed E-state index contributed by atoms with van der Waals surface area (Å²) in [6.45, 7) is 6.19. The van der Waals surface area contributed by atoms with Gasteiger partial charge in [0.05, 0.1) is 19.3 Å². The average molecular weight is 426 g/mol. The van der Waals surface area contributed by atoms with Gasteiger partial charge in [0, 0.05) is 16.9 Å². The standard InChI is InChI=1S/C22H31FO7/c1-21(2)15-10-28-13-5-4-11(23)8-12(13)22(15,3)7-6-16(21)30-20-19(27)18(26)17(25)14(9-24)29-20/h4-5,8,14-20,24-27H,6-7,9-10H2,1-3H3/t14-,15+,16-,17-,18+,19+,20-,22+/m0/s1. The van der Waals surface area contributed by atoms with Crippen LogP contribution in [0.3, 0.4) is 0 Å². The van der Waals surface area contributed by atoms with E-state index in [0.717, 1.165) is 12.0 Å². The molecule has 1 aliphatic carbocycles. The molecule has 1 aromatic rings. The smallest absolute Gasteiger partial charge is 0.186 e. The Kier molecular flexibility index (Phi) is 5.62. The van der Waals surface area contributed by atoms with Gasteiger partial charge in [-0.3, -0.25) is 0 Å². The molecule has 168 valence electrons. The molecule has 2 heterocycles. The Bertz CT molecular complexity index is 785. The summed E-state index contributed by atoms with van der Waals surface area (Å²) in [5.41, 5.74) is 0.141. The second-order valence-electron chi connectivity index (χ2n) is 9.60. The lowest BCUT2D eigenvalue weighted by Crippen LogP contribution is -2.62. The Morgan fingerprint density at radius 2 is 1.87 bits per heavy atom. The lowest BCUT2D eigenvalue weighted by atomic mass is 9.52. The lowest BCUT2D eigenvalue weighted by molar-refractivity contribution is -0.325. The molecule has 4 N–H and O–H groups in total. The third-order valence-corrected chi connectivity index (χ3v) is 7.53. The van der Waals surface area contributed by atoms with Gasteiger partial charge < -0.3 is 34.6 Å². The maximum atomic E-state index is 14.0. The van der Waals surface area contributed by atoms with Crippen LogP contribution in [0, 0.1) is 17.2 Å². The third-order valence-electron chi connectivity index (χ3n) is 7.53. The van der Waals surface area contributed by atoms with Crippen LogP contribution in [0.5, 0.6) is 5.75 Å². The first-order chi connectivity index (χ1) is 14.1. The van der Waals surface area contributed by atoms with Crippen LogP contribution in [0.1, 0.15) is 39.2 Å². The Hall–Kier alpha value is -1.29. The minimum absolute atomic E-state index is 0.0166. The van der Waals surface area contributed by atoms with Crippen molar-refractivity contribution < 1.29 is 39.0 Å². The van der Waals surface area contributed by atoms with E-state index in [1.54, 1.807) is 12.1 Å². The molecule has 0 amide bonds. The van der Waals surface area contributed by atoms with Gasteiger partial charge in [-0.2, -0.15) is 0 Å². The molecule has 0 bridgehead atoms. The fourth-order valence-electron chi connectivity index (χ4n) is 5.58. The number of hydrogen-bond acceptors (Lipinski definition) is 7. The number of halogens is 1. The second-order valence-corrected chi connectivity index (χ2v) is 9.60. The van der Waals surface area contributed by atoms with Crippen LogP contribution in [0.2, 0.25) is 0 Å². The zero-order valence-electron chi connectivity index (χ0n) is 17.5. The number of aliphatic hydroxyl groups excluding tert-OH is 4. The number of aliphatic hydroxyl groups is 4. The van der Waals surface area contributed by atoms with Gasteiger partial charge in [0.1, 0.15) is 36.0 Å². The largest absolute Gasteiger partial charge is 0.493 e. The molecule has 3 aliphatic rings. The van der Waals surface area contributed by atoms with Crippen molar-refractivity contribution in [1.82, 2.24) is 0 Å². The van der Waals surface area contributed by atoms with Crippen molar-refractivity contribution in [3.05, 3.63) is 29.6 Å². The Balaban J connectivity index is 1.57. The number of hydrogen-bond donors (Lipinski definition) is 4.